The molecular weight excluding hydrogens is 182 g/mol. The van der Waals surface area contributed by atoms with E-state index in [0.29, 0.717) is 5.92 Å². The molecule has 0 saturated heterocycles. The van der Waals surface area contributed by atoms with Gasteiger partial charge < -0.3 is 4.90 Å². The van der Waals surface area contributed by atoms with Gasteiger partial charge >= 0.3 is 0 Å². The molecule has 6 nitrogen and oxygen atoms in total. The molecule has 0 aliphatic carbocycles. The van der Waals surface area contributed by atoms with Crippen molar-refractivity contribution >= 4 is 5.91 Å². The Kier molecular flexibility index (Phi) is 3.16. The second kappa shape index (κ2) is 4.17. The summed E-state index contributed by atoms with van der Waals surface area (Å²) in [6, 6.07) is 0.154. The van der Waals surface area contributed by atoms with Crippen molar-refractivity contribution in [3.05, 3.63) is 5.82 Å². The second-order valence-corrected chi connectivity index (χ2v) is 3.64. The molecule has 1 amide bonds. The Labute approximate surface area is 82.7 Å². The molecule has 1 N–H and O–H groups in total. The molecule has 1 aromatic heterocycles. The van der Waals surface area contributed by atoms with Crippen LogP contribution in [0, 0.1) is 5.92 Å². The van der Waals surface area contributed by atoms with Gasteiger partial charge in [-0.3, -0.25) is 4.79 Å². The number of rotatable bonds is 3. The Morgan fingerprint density at radius 3 is 2.50 bits per heavy atom. The van der Waals surface area contributed by atoms with Crippen LogP contribution in [0.5, 0.6) is 0 Å². The second-order valence-electron chi connectivity index (χ2n) is 3.64. The lowest BCUT2D eigenvalue weighted by Crippen LogP contribution is -2.38. The van der Waals surface area contributed by atoms with Gasteiger partial charge in [-0.2, -0.15) is 5.21 Å². The van der Waals surface area contributed by atoms with E-state index >= 15 is 0 Å². The summed E-state index contributed by atoms with van der Waals surface area (Å²) in [6.07, 6.45) is 0. The van der Waals surface area contributed by atoms with Crippen molar-refractivity contribution in [2.75, 3.05) is 7.05 Å². The smallest absolute Gasteiger partial charge is 0.295 e. The molecule has 14 heavy (non-hydrogen) atoms. The van der Waals surface area contributed by atoms with E-state index in [4.69, 9.17) is 0 Å². The Morgan fingerprint density at radius 2 is 2.07 bits per heavy atom. The van der Waals surface area contributed by atoms with Crippen molar-refractivity contribution in [1.82, 2.24) is 25.5 Å². The Morgan fingerprint density at radius 1 is 1.43 bits per heavy atom. The molecule has 0 bridgehead atoms. The highest BCUT2D eigenvalue weighted by Gasteiger charge is 2.22. The van der Waals surface area contributed by atoms with E-state index in [9.17, 15) is 4.79 Å². The van der Waals surface area contributed by atoms with Gasteiger partial charge in [0.15, 0.2) is 0 Å². The number of H-pyrrole nitrogens is 1. The van der Waals surface area contributed by atoms with Gasteiger partial charge in [0.2, 0.25) is 0 Å². The molecule has 0 saturated carbocycles. The molecule has 1 atom stereocenters. The standard InChI is InChI=1S/C8H15N5O/c1-5(2)6(3)13(4)8(14)7-9-11-12-10-7/h5-6H,1-4H3,(H,9,10,11,12). The Hall–Kier alpha value is -1.46. The van der Waals surface area contributed by atoms with E-state index in [1.807, 2.05) is 6.92 Å². The van der Waals surface area contributed by atoms with Gasteiger partial charge in [0.1, 0.15) is 0 Å². The van der Waals surface area contributed by atoms with Gasteiger partial charge in [0.05, 0.1) is 0 Å². The van der Waals surface area contributed by atoms with Crippen LogP contribution in [-0.2, 0) is 0 Å². The van der Waals surface area contributed by atoms with E-state index in [2.05, 4.69) is 34.5 Å². The third-order valence-corrected chi connectivity index (χ3v) is 2.43. The van der Waals surface area contributed by atoms with E-state index in [1.165, 1.54) is 0 Å². The highest BCUT2D eigenvalue weighted by atomic mass is 16.2. The fourth-order valence-corrected chi connectivity index (χ4v) is 1.04. The third kappa shape index (κ3) is 2.07. The first-order valence-electron chi connectivity index (χ1n) is 4.54. The zero-order valence-corrected chi connectivity index (χ0v) is 8.85. The molecule has 1 unspecified atom stereocenters. The molecule has 1 rings (SSSR count). The number of nitrogens with zero attached hydrogens (tertiary/aromatic N) is 4. The quantitative estimate of drug-likeness (QED) is 0.757. The van der Waals surface area contributed by atoms with Gasteiger partial charge in [-0.1, -0.05) is 13.8 Å². The van der Waals surface area contributed by atoms with Crippen LogP contribution in [0.2, 0.25) is 0 Å². The van der Waals surface area contributed by atoms with Gasteiger partial charge in [0.25, 0.3) is 11.7 Å². The number of hydrogen-bond acceptors (Lipinski definition) is 4. The van der Waals surface area contributed by atoms with Gasteiger partial charge in [-0.15, -0.1) is 10.2 Å². The van der Waals surface area contributed by atoms with Crippen molar-refractivity contribution in [3.63, 3.8) is 0 Å². The van der Waals surface area contributed by atoms with E-state index in [1.54, 1.807) is 11.9 Å². The molecular formula is C8H15N5O. The predicted octanol–water partition coefficient (Wildman–Crippen LogP) is 0.316. The molecule has 0 aliphatic rings. The van der Waals surface area contributed by atoms with Crippen molar-refractivity contribution in [2.45, 2.75) is 26.8 Å². The SMILES string of the molecule is CC(C)C(C)N(C)C(=O)c1nn[nH]n1. The lowest BCUT2D eigenvalue weighted by molar-refractivity contribution is 0.0694. The zero-order chi connectivity index (χ0) is 10.7. The third-order valence-electron chi connectivity index (χ3n) is 2.43. The minimum Gasteiger partial charge on any atom is -0.336 e. The Bertz CT molecular complexity index is 295. The minimum absolute atomic E-state index is 0.111. The minimum atomic E-state index is -0.208. The van der Waals surface area contributed by atoms with Crippen LogP contribution in [0.15, 0.2) is 0 Å². The van der Waals surface area contributed by atoms with Crippen LogP contribution in [0.1, 0.15) is 31.4 Å². The molecule has 0 aliphatic heterocycles. The van der Waals surface area contributed by atoms with Crippen LogP contribution in [0.4, 0.5) is 0 Å². The summed E-state index contributed by atoms with van der Waals surface area (Å²) in [5, 5.41) is 12.9. The van der Waals surface area contributed by atoms with Gasteiger partial charge in [-0.25, -0.2) is 0 Å². The number of tetrazole rings is 1. The van der Waals surface area contributed by atoms with Gasteiger partial charge in [-0.05, 0) is 18.1 Å². The first-order chi connectivity index (χ1) is 6.54. The van der Waals surface area contributed by atoms with Crippen LogP contribution in [0.3, 0.4) is 0 Å². The highest BCUT2D eigenvalue weighted by molar-refractivity contribution is 5.90. The summed E-state index contributed by atoms with van der Waals surface area (Å²) < 4.78 is 0. The molecule has 1 aromatic rings. The number of carbonyl (C=O) groups excluding carboxylic acids is 1. The first-order valence-corrected chi connectivity index (χ1v) is 4.54. The maximum Gasteiger partial charge on any atom is 0.295 e. The Balaban J connectivity index is 2.71. The predicted molar refractivity (Wildman–Crippen MR) is 50.6 cm³/mol. The normalized spacial score (nSPS) is 12.9. The van der Waals surface area contributed by atoms with Crippen LogP contribution in [-0.4, -0.2) is 44.5 Å². The monoisotopic (exact) mass is 197 g/mol. The average molecular weight is 197 g/mol. The van der Waals surface area contributed by atoms with Crippen LogP contribution >= 0.6 is 0 Å². The number of amides is 1. The largest absolute Gasteiger partial charge is 0.336 e. The molecule has 6 heteroatoms. The summed E-state index contributed by atoms with van der Waals surface area (Å²) >= 11 is 0. The van der Waals surface area contributed by atoms with Crippen molar-refractivity contribution < 1.29 is 4.79 Å². The summed E-state index contributed by atoms with van der Waals surface area (Å²) in [5.41, 5.74) is 0. The molecule has 0 spiro atoms. The van der Waals surface area contributed by atoms with E-state index in [-0.39, 0.29) is 17.8 Å². The zero-order valence-electron chi connectivity index (χ0n) is 8.85. The molecule has 0 fully saturated rings. The van der Waals surface area contributed by atoms with E-state index < -0.39 is 0 Å². The lowest BCUT2D eigenvalue weighted by Gasteiger charge is -2.26. The first kappa shape index (κ1) is 10.6. The van der Waals surface area contributed by atoms with E-state index in [0.717, 1.165) is 0 Å². The van der Waals surface area contributed by atoms with Gasteiger partial charge in [0, 0.05) is 13.1 Å². The summed E-state index contributed by atoms with van der Waals surface area (Å²) in [7, 11) is 1.74. The molecule has 0 aromatic carbocycles. The lowest BCUT2D eigenvalue weighted by atomic mass is 10.1. The summed E-state index contributed by atoms with van der Waals surface area (Å²) in [4.78, 5) is 13.3. The maximum atomic E-state index is 11.7. The fraction of sp³-hybridized carbons (Fsp3) is 0.750. The number of aromatic nitrogens is 4. The fourth-order valence-electron chi connectivity index (χ4n) is 1.04. The van der Waals surface area contributed by atoms with Crippen molar-refractivity contribution in [1.29, 1.82) is 0 Å². The van der Waals surface area contributed by atoms with Crippen LogP contribution < -0.4 is 0 Å². The topological polar surface area (TPSA) is 74.8 Å². The number of nitrogens with one attached hydrogen (secondary N) is 1. The van der Waals surface area contributed by atoms with Crippen LogP contribution in [0.25, 0.3) is 0 Å². The molecule has 0 radical (unpaired) electrons. The molecule has 78 valence electrons. The highest BCUT2D eigenvalue weighted by Crippen LogP contribution is 2.09. The average Bonchev–Trinajstić information content (AvgIpc) is 2.67. The number of carbonyl (C=O) groups is 1. The maximum absolute atomic E-state index is 11.7. The number of aromatic amines is 1. The van der Waals surface area contributed by atoms with Crippen molar-refractivity contribution in [2.24, 2.45) is 5.92 Å². The summed E-state index contributed by atoms with van der Waals surface area (Å²) in [5.74, 6) is 0.302. The number of hydrogen-bond donors (Lipinski definition) is 1. The molecule has 1 heterocycles. The van der Waals surface area contributed by atoms with Crippen molar-refractivity contribution in [3.8, 4) is 0 Å². The summed E-state index contributed by atoms with van der Waals surface area (Å²) in [6.45, 7) is 6.11.